The van der Waals surface area contributed by atoms with Crippen molar-refractivity contribution in [1.82, 2.24) is 5.32 Å². The van der Waals surface area contributed by atoms with Crippen molar-refractivity contribution < 1.29 is 71.4 Å². The predicted octanol–water partition coefficient (Wildman–Crippen LogP) is 5.36. The molecule has 1 unspecified atom stereocenters. The van der Waals surface area contributed by atoms with Crippen molar-refractivity contribution in [2.24, 2.45) is 11.8 Å². The van der Waals surface area contributed by atoms with Crippen LogP contribution in [0.25, 0.3) is 0 Å². The maximum Gasteiger partial charge on any atom is 0.435 e. The summed E-state index contributed by atoms with van der Waals surface area (Å²) in [5.74, 6) is -5.43. The number of hydrogen-bond donors (Lipinski definition) is 2. The van der Waals surface area contributed by atoms with E-state index in [0.717, 1.165) is 24.3 Å². The number of sulfone groups is 1. The molecule has 2 N–H and O–H groups in total. The molecule has 0 spiro atoms. The van der Waals surface area contributed by atoms with E-state index >= 15 is 0 Å². The molecule has 0 heterocycles. The van der Waals surface area contributed by atoms with E-state index in [9.17, 15) is 71.4 Å². The third-order valence-electron chi connectivity index (χ3n) is 8.36. The fraction of sp³-hybridized carbons (Fsp3) is 0.481. The summed E-state index contributed by atoms with van der Waals surface area (Å²) in [7, 11) is -4.99. The predicted molar refractivity (Wildman–Crippen MR) is 131 cm³/mol. The van der Waals surface area contributed by atoms with Crippen LogP contribution in [0.5, 0.6) is 0 Å². The second-order valence-corrected chi connectivity index (χ2v) is 13.0. The second-order valence-electron chi connectivity index (χ2n) is 10.8. The van der Waals surface area contributed by atoms with Gasteiger partial charge in [-0.15, -0.1) is 0 Å². The molecular weight excluding hydrogens is 659 g/mol. The first-order valence-corrected chi connectivity index (χ1v) is 14.5. The summed E-state index contributed by atoms with van der Waals surface area (Å²) in [4.78, 5) is 24.3. The molecule has 0 bridgehead atoms. The maximum atomic E-state index is 14.9. The average Bonchev–Trinajstić information content (AvgIpc) is 3.25. The molecule has 0 saturated heterocycles. The fourth-order valence-corrected chi connectivity index (χ4v) is 9.03. The van der Waals surface area contributed by atoms with Gasteiger partial charge in [0.15, 0.2) is 15.9 Å². The minimum absolute atomic E-state index is 0.0809. The Kier molecular flexibility index (Phi) is 8.61. The Bertz CT molecular complexity index is 1560. The molecule has 1 amide bonds. The van der Waals surface area contributed by atoms with E-state index in [1.54, 1.807) is 0 Å². The highest BCUT2D eigenvalue weighted by atomic mass is 32.2. The van der Waals surface area contributed by atoms with Crippen molar-refractivity contribution in [1.29, 1.82) is 0 Å². The molecule has 0 radical (unpaired) electrons. The van der Waals surface area contributed by atoms with Gasteiger partial charge >= 0.3 is 24.2 Å². The van der Waals surface area contributed by atoms with Crippen LogP contribution in [0.2, 0.25) is 0 Å². The largest absolute Gasteiger partial charge is 0.435 e. The zero-order chi connectivity index (χ0) is 34.0. The Morgan fingerprint density at radius 2 is 1.56 bits per heavy atom. The van der Waals surface area contributed by atoms with Crippen LogP contribution < -0.4 is 5.32 Å². The Hall–Kier alpha value is -3.28. The smallest absolute Gasteiger partial charge is 0.383 e. The number of fused-ring (bicyclic) bond motifs is 3. The summed E-state index contributed by atoms with van der Waals surface area (Å²) in [6.45, 7) is 0. The number of aliphatic hydroxyl groups is 1. The first-order valence-electron chi connectivity index (χ1n) is 13.0. The lowest BCUT2D eigenvalue weighted by Crippen LogP contribution is -2.53. The van der Waals surface area contributed by atoms with Gasteiger partial charge in [0, 0.05) is 23.4 Å². The molecule has 5 atom stereocenters. The molecule has 6 nitrogen and oxygen atoms in total. The van der Waals surface area contributed by atoms with Crippen molar-refractivity contribution in [3.8, 4) is 0 Å². The van der Waals surface area contributed by atoms with Crippen LogP contribution in [0.3, 0.4) is 0 Å². The van der Waals surface area contributed by atoms with Crippen molar-refractivity contribution >= 4 is 22.0 Å². The molecule has 0 aliphatic heterocycles. The number of alkyl halides is 10. The van der Waals surface area contributed by atoms with Crippen LogP contribution in [-0.4, -0.2) is 56.4 Å². The SMILES string of the molecule is O=CC1C[C@@H](NC(=O)C[C@@H](O)C(F)(F)F)[C@@H]2CCc3cc(C(F)(C(F)(F)F)C(F)(F)F)ccc3[C@@]12S(=O)(=O)c1ccc(F)cc1. The van der Waals surface area contributed by atoms with Crippen LogP contribution in [0, 0.1) is 17.7 Å². The highest BCUT2D eigenvalue weighted by Crippen LogP contribution is 2.60. The van der Waals surface area contributed by atoms with Crippen LogP contribution in [-0.2, 0) is 36.3 Å². The molecule has 0 aromatic heterocycles. The van der Waals surface area contributed by atoms with Gasteiger partial charge in [-0.2, -0.15) is 39.5 Å². The molecular formula is C27H22F11NO5S. The van der Waals surface area contributed by atoms with Crippen molar-refractivity contribution in [3.05, 3.63) is 65.0 Å². The number of carbonyl (C=O) groups excluding carboxylic acids is 2. The van der Waals surface area contributed by atoms with Gasteiger partial charge in [0.1, 0.15) is 16.9 Å². The zero-order valence-electron chi connectivity index (χ0n) is 22.4. The van der Waals surface area contributed by atoms with Gasteiger partial charge in [0.25, 0.3) is 0 Å². The zero-order valence-corrected chi connectivity index (χ0v) is 23.2. The lowest BCUT2D eigenvalue weighted by atomic mass is 9.71. The van der Waals surface area contributed by atoms with Gasteiger partial charge in [0.05, 0.1) is 11.3 Å². The fourth-order valence-electron chi connectivity index (χ4n) is 6.42. The van der Waals surface area contributed by atoms with E-state index in [1.165, 1.54) is 0 Å². The Labute approximate surface area is 247 Å². The van der Waals surface area contributed by atoms with Gasteiger partial charge in [-0.3, -0.25) is 4.79 Å². The van der Waals surface area contributed by atoms with Gasteiger partial charge in [-0.05, 0) is 54.7 Å². The Morgan fingerprint density at radius 1 is 0.978 bits per heavy atom. The Balaban J connectivity index is 1.93. The van der Waals surface area contributed by atoms with E-state index in [0.29, 0.717) is 6.07 Å². The quantitative estimate of drug-likeness (QED) is 0.233. The molecule has 2 aliphatic carbocycles. The molecule has 45 heavy (non-hydrogen) atoms. The highest BCUT2D eigenvalue weighted by molar-refractivity contribution is 7.92. The minimum atomic E-state index is -6.50. The number of carbonyl (C=O) groups is 2. The minimum Gasteiger partial charge on any atom is -0.383 e. The maximum absolute atomic E-state index is 14.9. The number of halogens is 11. The summed E-state index contributed by atoms with van der Waals surface area (Å²) < 4.78 is 174. The number of nitrogens with one attached hydrogen (secondary N) is 1. The van der Waals surface area contributed by atoms with Crippen molar-refractivity contribution in [2.45, 2.75) is 71.7 Å². The van der Waals surface area contributed by atoms with Crippen LogP contribution in [0.15, 0.2) is 47.4 Å². The van der Waals surface area contributed by atoms with Gasteiger partial charge in [-0.25, -0.2) is 17.2 Å². The molecule has 2 aromatic carbocycles. The van der Waals surface area contributed by atoms with Crippen molar-refractivity contribution in [2.75, 3.05) is 0 Å². The second kappa shape index (κ2) is 11.2. The molecule has 18 heteroatoms. The van der Waals surface area contributed by atoms with E-state index in [-0.39, 0.29) is 18.4 Å². The van der Waals surface area contributed by atoms with Gasteiger partial charge in [0.2, 0.25) is 5.91 Å². The number of aldehydes is 1. The van der Waals surface area contributed by atoms with E-state index in [4.69, 9.17) is 0 Å². The summed E-state index contributed by atoms with van der Waals surface area (Å²) in [6.07, 6.45) is -24.2. The molecule has 4 rings (SSSR count). The molecule has 1 saturated carbocycles. The lowest BCUT2D eigenvalue weighted by molar-refractivity contribution is -0.348. The number of benzene rings is 2. The molecule has 248 valence electrons. The van der Waals surface area contributed by atoms with Crippen LogP contribution in [0.4, 0.5) is 48.3 Å². The van der Waals surface area contributed by atoms with Crippen LogP contribution >= 0.6 is 0 Å². The number of aryl methyl sites for hydroxylation is 1. The summed E-state index contributed by atoms with van der Waals surface area (Å²) in [5, 5.41) is 11.5. The van der Waals surface area contributed by atoms with E-state index < -0.39 is 122 Å². The van der Waals surface area contributed by atoms with E-state index in [2.05, 4.69) is 5.32 Å². The molecule has 2 aromatic rings. The standard InChI is InChI=1S/C27H22F11NO5S/c28-16-3-5-17(6-4-16)45(43,44)23-15(12-40)10-20(39-22(42)11-21(41)25(30,31)32)19(23)7-1-13-9-14(2-8-18(13)23)24(29,26(33,34)35)27(36,37)38/h2-6,8-9,12,15,19-21,41H,1,7,10-11H2,(H,39,42)/t15?,19-,20+,21+,23-/m0/s1. The molecule has 2 aliphatic rings. The normalized spacial score (nSPS) is 24.8. The third-order valence-corrected chi connectivity index (χ3v) is 11.0. The van der Waals surface area contributed by atoms with Crippen LogP contribution in [0.1, 0.15) is 36.0 Å². The Morgan fingerprint density at radius 3 is 2.07 bits per heavy atom. The number of rotatable bonds is 7. The number of amides is 1. The number of hydrogen-bond acceptors (Lipinski definition) is 5. The van der Waals surface area contributed by atoms with Crippen molar-refractivity contribution in [3.63, 3.8) is 0 Å². The summed E-state index contributed by atoms with van der Waals surface area (Å²) in [6, 6.07) is 2.40. The first kappa shape index (κ1) is 34.6. The highest BCUT2D eigenvalue weighted by Gasteiger charge is 2.74. The third kappa shape index (κ3) is 5.46. The monoisotopic (exact) mass is 681 g/mol. The average molecular weight is 682 g/mol. The first-order chi connectivity index (χ1) is 20.5. The molecule has 1 fully saturated rings. The van der Waals surface area contributed by atoms with Gasteiger partial charge in [-0.1, -0.05) is 18.2 Å². The van der Waals surface area contributed by atoms with E-state index in [1.807, 2.05) is 0 Å². The number of aliphatic hydroxyl groups excluding tert-OH is 1. The lowest BCUT2D eigenvalue weighted by Gasteiger charge is -2.44. The summed E-state index contributed by atoms with van der Waals surface area (Å²) in [5.41, 5.74) is -8.79. The summed E-state index contributed by atoms with van der Waals surface area (Å²) >= 11 is 0. The topological polar surface area (TPSA) is 101 Å². The van der Waals surface area contributed by atoms with Gasteiger partial charge < -0.3 is 15.2 Å².